The van der Waals surface area contributed by atoms with E-state index in [1.807, 2.05) is 60.0 Å². The van der Waals surface area contributed by atoms with Gasteiger partial charge in [-0.3, -0.25) is 15.2 Å². The van der Waals surface area contributed by atoms with E-state index in [2.05, 4.69) is 20.5 Å². The molecule has 128 valence electrons. The van der Waals surface area contributed by atoms with Crippen LogP contribution in [0.4, 0.5) is 5.13 Å². The summed E-state index contributed by atoms with van der Waals surface area (Å²) in [5.74, 6) is -0.279. The molecule has 0 aliphatic rings. The van der Waals surface area contributed by atoms with E-state index in [-0.39, 0.29) is 5.91 Å². The van der Waals surface area contributed by atoms with Gasteiger partial charge in [0.05, 0.1) is 11.9 Å². The molecule has 0 aliphatic heterocycles. The Kier molecular flexibility index (Phi) is 4.51. The molecule has 2 aromatic heterocycles. The molecule has 7 heteroatoms. The highest BCUT2D eigenvalue weighted by Crippen LogP contribution is 2.27. The molecule has 0 radical (unpaired) electrons. The fraction of sp³-hybridized carbons (Fsp3) is 0. The van der Waals surface area contributed by atoms with Gasteiger partial charge >= 0.3 is 0 Å². The first-order valence-electron chi connectivity index (χ1n) is 7.82. The quantitative estimate of drug-likeness (QED) is 0.517. The molecular formula is C19H13ClN4OS. The molecule has 0 fully saturated rings. The Balaban J connectivity index is 1.55. The van der Waals surface area contributed by atoms with Crippen LogP contribution in [-0.2, 0) is 0 Å². The van der Waals surface area contributed by atoms with Crippen molar-refractivity contribution in [3.63, 3.8) is 0 Å². The second kappa shape index (κ2) is 7.11. The van der Waals surface area contributed by atoms with Gasteiger partial charge in [-0.1, -0.05) is 54.1 Å². The second-order valence-electron chi connectivity index (χ2n) is 5.52. The number of carbonyl (C=O) groups is 1. The number of nitrogens with one attached hydrogen (secondary N) is 2. The number of aromatic amines is 1. The third kappa shape index (κ3) is 3.37. The van der Waals surface area contributed by atoms with Crippen molar-refractivity contribution in [2.75, 3.05) is 5.32 Å². The van der Waals surface area contributed by atoms with Crippen LogP contribution in [0.1, 0.15) is 10.5 Å². The van der Waals surface area contributed by atoms with Crippen molar-refractivity contribution < 1.29 is 4.79 Å². The summed E-state index contributed by atoms with van der Waals surface area (Å²) in [5, 5.41) is 12.7. The monoisotopic (exact) mass is 380 g/mol. The SMILES string of the molecule is O=C(Nc1nc(-c2ccc(Cl)cc2)cs1)c1[nH]ncc1-c1ccccc1. The lowest BCUT2D eigenvalue weighted by molar-refractivity contribution is 0.102. The minimum atomic E-state index is -0.279. The average Bonchev–Trinajstić information content (AvgIpc) is 3.32. The van der Waals surface area contributed by atoms with Gasteiger partial charge in [0.25, 0.3) is 5.91 Å². The summed E-state index contributed by atoms with van der Waals surface area (Å²) in [4.78, 5) is 17.1. The van der Waals surface area contributed by atoms with Crippen LogP contribution in [0.5, 0.6) is 0 Å². The number of halogens is 1. The molecule has 0 spiro atoms. The molecule has 0 bridgehead atoms. The number of benzene rings is 2. The number of rotatable bonds is 4. The van der Waals surface area contributed by atoms with Gasteiger partial charge in [-0.25, -0.2) is 4.98 Å². The normalized spacial score (nSPS) is 10.7. The number of anilines is 1. The smallest absolute Gasteiger partial charge is 0.276 e. The number of carbonyl (C=O) groups excluding carboxylic acids is 1. The molecule has 1 amide bonds. The van der Waals surface area contributed by atoms with Crippen molar-refractivity contribution in [1.29, 1.82) is 0 Å². The van der Waals surface area contributed by atoms with Crippen molar-refractivity contribution >= 4 is 34.0 Å². The van der Waals surface area contributed by atoms with E-state index >= 15 is 0 Å². The topological polar surface area (TPSA) is 70.7 Å². The molecule has 0 saturated carbocycles. The van der Waals surface area contributed by atoms with Crippen LogP contribution in [-0.4, -0.2) is 21.1 Å². The summed E-state index contributed by atoms with van der Waals surface area (Å²) in [6.07, 6.45) is 1.64. The summed E-state index contributed by atoms with van der Waals surface area (Å²) < 4.78 is 0. The third-order valence-corrected chi connectivity index (χ3v) is 4.83. The van der Waals surface area contributed by atoms with Crippen LogP contribution in [0.15, 0.2) is 66.2 Å². The standard InChI is InChI=1S/C19H13ClN4OS/c20-14-8-6-13(7-9-14)16-11-26-19(22-16)23-18(25)17-15(10-21-24-17)12-4-2-1-3-5-12/h1-11H,(H,21,24)(H,22,23,25). The van der Waals surface area contributed by atoms with E-state index in [1.165, 1.54) is 11.3 Å². The summed E-state index contributed by atoms with van der Waals surface area (Å²) in [6, 6.07) is 17.0. The lowest BCUT2D eigenvalue weighted by Crippen LogP contribution is -2.13. The van der Waals surface area contributed by atoms with Crippen molar-refractivity contribution in [3.8, 4) is 22.4 Å². The Morgan fingerprint density at radius 3 is 2.58 bits per heavy atom. The number of amides is 1. The van der Waals surface area contributed by atoms with Crippen LogP contribution >= 0.6 is 22.9 Å². The molecule has 0 saturated heterocycles. The summed E-state index contributed by atoms with van der Waals surface area (Å²) in [7, 11) is 0. The largest absolute Gasteiger partial charge is 0.296 e. The Labute approximate surface area is 158 Å². The first-order chi connectivity index (χ1) is 12.7. The van der Waals surface area contributed by atoms with E-state index in [4.69, 9.17) is 11.6 Å². The molecule has 2 heterocycles. The fourth-order valence-corrected chi connectivity index (χ4v) is 3.38. The highest BCUT2D eigenvalue weighted by molar-refractivity contribution is 7.14. The van der Waals surface area contributed by atoms with Crippen molar-refractivity contribution in [3.05, 3.63) is 76.9 Å². The summed E-state index contributed by atoms with van der Waals surface area (Å²) >= 11 is 7.28. The maximum absolute atomic E-state index is 12.6. The maximum Gasteiger partial charge on any atom is 0.276 e. The summed E-state index contributed by atoms with van der Waals surface area (Å²) in [5.41, 5.74) is 3.80. The van der Waals surface area contributed by atoms with Crippen molar-refractivity contribution in [1.82, 2.24) is 15.2 Å². The lowest BCUT2D eigenvalue weighted by Gasteiger charge is -2.03. The van der Waals surface area contributed by atoms with Gasteiger partial charge in [-0.2, -0.15) is 5.10 Å². The van der Waals surface area contributed by atoms with E-state index in [1.54, 1.807) is 6.20 Å². The fourth-order valence-electron chi connectivity index (χ4n) is 2.54. The zero-order valence-electron chi connectivity index (χ0n) is 13.4. The number of thiazole rings is 1. The number of aromatic nitrogens is 3. The first kappa shape index (κ1) is 16.5. The third-order valence-electron chi connectivity index (χ3n) is 3.82. The van der Waals surface area contributed by atoms with Crippen LogP contribution in [0.2, 0.25) is 5.02 Å². The van der Waals surface area contributed by atoms with Crippen LogP contribution < -0.4 is 5.32 Å². The van der Waals surface area contributed by atoms with Gasteiger partial charge in [0.2, 0.25) is 0 Å². The minimum absolute atomic E-state index is 0.279. The molecular weight excluding hydrogens is 368 g/mol. The minimum Gasteiger partial charge on any atom is -0.296 e. The Bertz CT molecular complexity index is 1040. The van der Waals surface area contributed by atoms with E-state index in [0.717, 1.165) is 22.4 Å². The zero-order chi connectivity index (χ0) is 17.9. The van der Waals surface area contributed by atoms with Crippen LogP contribution in [0.3, 0.4) is 0 Å². The highest BCUT2D eigenvalue weighted by Gasteiger charge is 2.17. The number of hydrogen-bond acceptors (Lipinski definition) is 4. The molecule has 0 aliphatic carbocycles. The van der Waals surface area contributed by atoms with E-state index < -0.39 is 0 Å². The predicted molar refractivity (Wildman–Crippen MR) is 105 cm³/mol. The molecule has 0 unspecified atom stereocenters. The molecule has 0 atom stereocenters. The van der Waals surface area contributed by atoms with Gasteiger partial charge in [-0.05, 0) is 17.7 Å². The zero-order valence-corrected chi connectivity index (χ0v) is 15.0. The lowest BCUT2D eigenvalue weighted by atomic mass is 10.1. The molecule has 2 N–H and O–H groups in total. The molecule has 4 rings (SSSR count). The Morgan fingerprint density at radius 1 is 1.04 bits per heavy atom. The summed E-state index contributed by atoms with van der Waals surface area (Å²) in [6.45, 7) is 0. The average molecular weight is 381 g/mol. The van der Waals surface area contributed by atoms with Gasteiger partial charge in [0, 0.05) is 21.5 Å². The number of H-pyrrole nitrogens is 1. The maximum atomic E-state index is 12.6. The molecule has 2 aromatic carbocycles. The van der Waals surface area contributed by atoms with Gasteiger partial charge in [0.1, 0.15) is 5.69 Å². The van der Waals surface area contributed by atoms with Gasteiger partial charge in [-0.15, -0.1) is 11.3 Å². The number of hydrogen-bond donors (Lipinski definition) is 2. The Morgan fingerprint density at radius 2 is 1.81 bits per heavy atom. The van der Waals surface area contributed by atoms with Crippen molar-refractivity contribution in [2.24, 2.45) is 0 Å². The first-order valence-corrected chi connectivity index (χ1v) is 9.08. The van der Waals surface area contributed by atoms with Crippen LogP contribution in [0, 0.1) is 0 Å². The molecule has 4 aromatic rings. The molecule has 26 heavy (non-hydrogen) atoms. The Hall–Kier alpha value is -2.96. The van der Waals surface area contributed by atoms with Crippen molar-refractivity contribution in [2.45, 2.75) is 0 Å². The second-order valence-corrected chi connectivity index (χ2v) is 6.82. The predicted octanol–water partition coefficient (Wildman–Crippen LogP) is 5.11. The highest BCUT2D eigenvalue weighted by atomic mass is 35.5. The van der Waals surface area contributed by atoms with Crippen LogP contribution in [0.25, 0.3) is 22.4 Å². The molecule has 5 nitrogen and oxygen atoms in total. The number of nitrogens with zero attached hydrogens (tertiary/aromatic N) is 2. The van der Waals surface area contributed by atoms with Gasteiger partial charge < -0.3 is 0 Å². The van der Waals surface area contributed by atoms with Gasteiger partial charge in [0.15, 0.2) is 5.13 Å². The van der Waals surface area contributed by atoms with E-state index in [0.29, 0.717) is 15.8 Å². The van der Waals surface area contributed by atoms with E-state index in [9.17, 15) is 4.79 Å².